The van der Waals surface area contributed by atoms with Gasteiger partial charge in [0.1, 0.15) is 6.10 Å². The number of aliphatic hydroxyl groups excluding tert-OH is 4. The fraction of sp³-hybridized carbons (Fsp3) is 0.914. The van der Waals surface area contributed by atoms with Gasteiger partial charge in [-0.25, -0.2) is 4.79 Å². The van der Waals surface area contributed by atoms with Crippen molar-refractivity contribution in [2.45, 2.75) is 204 Å². The van der Waals surface area contributed by atoms with E-state index in [0.29, 0.717) is 37.7 Å². The second kappa shape index (κ2) is 22.5. The Hall–Kier alpha value is -0.990. The van der Waals surface area contributed by atoms with Crippen LogP contribution in [0.2, 0.25) is 0 Å². The van der Waals surface area contributed by atoms with Crippen LogP contribution >= 0.6 is 0 Å². The topological polar surface area (TPSA) is 116 Å². The highest BCUT2D eigenvalue weighted by Crippen LogP contribution is 2.28. The summed E-state index contributed by atoms with van der Waals surface area (Å²) >= 11 is 0. The lowest BCUT2D eigenvalue weighted by Gasteiger charge is -2.22. The lowest BCUT2D eigenvalue weighted by atomic mass is 9.97. The molecule has 7 atom stereocenters. The third kappa shape index (κ3) is 16.2. The molecule has 7 heteroatoms. The van der Waals surface area contributed by atoms with Crippen LogP contribution in [-0.4, -0.2) is 69.1 Å². The lowest BCUT2D eigenvalue weighted by molar-refractivity contribution is -0.139. The third-order valence-electron chi connectivity index (χ3n) is 9.14. The minimum absolute atomic E-state index is 0.149. The first-order valence-electron chi connectivity index (χ1n) is 17.6. The van der Waals surface area contributed by atoms with E-state index in [0.717, 1.165) is 51.4 Å². The molecule has 0 aromatic heterocycles. The number of rotatable bonds is 26. The highest BCUT2D eigenvalue weighted by Gasteiger charge is 2.31. The zero-order valence-electron chi connectivity index (χ0n) is 26.9. The lowest BCUT2D eigenvalue weighted by Crippen LogP contribution is -2.31. The molecule has 4 N–H and O–H groups in total. The molecule has 1 fully saturated rings. The third-order valence-corrected chi connectivity index (χ3v) is 9.14. The Morgan fingerprint density at radius 2 is 1.31 bits per heavy atom. The average molecular weight is 597 g/mol. The average Bonchev–Trinajstić information content (AvgIpc) is 3.57. The van der Waals surface area contributed by atoms with Crippen LogP contribution in [0.3, 0.4) is 0 Å². The standard InChI is InChI=1S/C35H64O7/c1-3-4-5-6-7-8-9-10-11-12-13-17-20-31(37)32(38)22-23-33(39)34-24-21-30(42-34)19-16-14-15-18-29(36)26-28-25-27(2)41-35(28)40/h25,27,29-34,36-39H,3-24,26H2,1-2H3/t27-,29+,30+,31+,32+,33-,34+/m0/s1. The molecule has 2 aliphatic heterocycles. The highest BCUT2D eigenvalue weighted by molar-refractivity contribution is 5.90. The monoisotopic (exact) mass is 596 g/mol. The molecule has 0 unspecified atom stereocenters. The molecule has 2 aliphatic rings. The number of cyclic esters (lactones) is 1. The summed E-state index contributed by atoms with van der Waals surface area (Å²) in [6, 6.07) is 0. The van der Waals surface area contributed by atoms with Gasteiger partial charge in [-0.3, -0.25) is 0 Å². The Morgan fingerprint density at radius 3 is 1.93 bits per heavy atom. The first kappa shape index (κ1) is 37.2. The summed E-state index contributed by atoms with van der Waals surface area (Å²) in [6.07, 6.45) is 22.3. The van der Waals surface area contributed by atoms with Crippen molar-refractivity contribution >= 4 is 5.97 Å². The molecule has 0 amide bonds. The Morgan fingerprint density at radius 1 is 0.738 bits per heavy atom. The maximum Gasteiger partial charge on any atom is 0.334 e. The number of carbonyl (C=O) groups is 1. The summed E-state index contributed by atoms with van der Waals surface area (Å²) in [5.74, 6) is -0.308. The van der Waals surface area contributed by atoms with Crippen molar-refractivity contribution in [1.29, 1.82) is 0 Å². The van der Waals surface area contributed by atoms with Crippen LogP contribution < -0.4 is 0 Å². The van der Waals surface area contributed by atoms with E-state index in [9.17, 15) is 25.2 Å². The van der Waals surface area contributed by atoms with Crippen molar-refractivity contribution in [2.75, 3.05) is 0 Å². The SMILES string of the molecule is CCCCCCCCCCCCCC[C@@H](O)[C@H](O)CC[C@H](O)[C@H]1CC[C@@H](CCCCC[C@@H](O)CC2=C[C@H](C)OC2=O)O1. The Bertz CT molecular complexity index is 726. The van der Waals surface area contributed by atoms with Gasteiger partial charge in [-0.05, 0) is 57.9 Å². The van der Waals surface area contributed by atoms with E-state index >= 15 is 0 Å². The van der Waals surface area contributed by atoms with Gasteiger partial charge in [0, 0.05) is 12.0 Å². The predicted octanol–water partition coefficient (Wildman–Crippen LogP) is 7.06. The molecule has 0 bridgehead atoms. The summed E-state index contributed by atoms with van der Waals surface area (Å²) < 4.78 is 11.2. The predicted molar refractivity (Wildman–Crippen MR) is 168 cm³/mol. The van der Waals surface area contributed by atoms with E-state index in [4.69, 9.17) is 9.47 Å². The van der Waals surface area contributed by atoms with Crippen LogP contribution in [0.5, 0.6) is 0 Å². The minimum Gasteiger partial charge on any atom is -0.455 e. The summed E-state index contributed by atoms with van der Waals surface area (Å²) in [7, 11) is 0. The number of unbranched alkanes of at least 4 members (excludes halogenated alkanes) is 13. The zero-order valence-corrected chi connectivity index (χ0v) is 26.9. The van der Waals surface area contributed by atoms with E-state index in [1.807, 2.05) is 6.92 Å². The van der Waals surface area contributed by atoms with Crippen molar-refractivity contribution in [3.63, 3.8) is 0 Å². The van der Waals surface area contributed by atoms with E-state index < -0.39 is 24.4 Å². The summed E-state index contributed by atoms with van der Waals surface area (Å²) in [5.41, 5.74) is 0.584. The van der Waals surface area contributed by atoms with E-state index in [1.165, 1.54) is 64.2 Å². The number of ether oxygens (including phenoxy) is 2. The first-order chi connectivity index (χ1) is 20.3. The smallest absolute Gasteiger partial charge is 0.334 e. The molecule has 0 aromatic carbocycles. The fourth-order valence-electron chi connectivity index (χ4n) is 6.40. The number of esters is 1. The zero-order chi connectivity index (χ0) is 30.6. The Balaban J connectivity index is 1.43. The maximum absolute atomic E-state index is 11.7. The van der Waals surface area contributed by atoms with Crippen molar-refractivity contribution in [1.82, 2.24) is 0 Å². The van der Waals surface area contributed by atoms with Crippen LogP contribution in [0.15, 0.2) is 11.6 Å². The van der Waals surface area contributed by atoms with Crippen molar-refractivity contribution in [3.8, 4) is 0 Å². The molecule has 0 radical (unpaired) electrons. The van der Waals surface area contributed by atoms with Crippen molar-refractivity contribution in [3.05, 3.63) is 11.6 Å². The van der Waals surface area contributed by atoms with Gasteiger partial charge in [-0.2, -0.15) is 0 Å². The van der Waals surface area contributed by atoms with Crippen LogP contribution in [0, 0.1) is 0 Å². The van der Waals surface area contributed by atoms with Crippen molar-refractivity contribution in [2.24, 2.45) is 0 Å². The van der Waals surface area contributed by atoms with Gasteiger partial charge in [0.05, 0.1) is 36.6 Å². The quantitative estimate of drug-likeness (QED) is 0.0624. The van der Waals surface area contributed by atoms with E-state index in [1.54, 1.807) is 6.08 Å². The largest absolute Gasteiger partial charge is 0.455 e. The van der Waals surface area contributed by atoms with Crippen molar-refractivity contribution < 1.29 is 34.7 Å². The van der Waals surface area contributed by atoms with Gasteiger partial charge in [-0.1, -0.05) is 103 Å². The molecular formula is C35H64O7. The van der Waals surface area contributed by atoms with Crippen LogP contribution in [0.25, 0.3) is 0 Å². The number of hydrogen-bond acceptors (Lipinski definition) is 7. The minimum atomic E-state index is -0.793. The van der Waals surface area contributed by atoms with Gasteiger partial charge in [0.15, 0.2) is 0 Å². The molecule has 0 aliphatic carbocycles. The second-order valence-electron chi connectivity index (χ2n) is 13.1. The molecule has 7 nitrogen and oxygen atoms in total. The van der Waals surface area contributed by atoms with Gasteiger partial charge >= 0.3 is 5.97 Å². The first-order valence-corrected chi connectivity index (χ1v) is 17.6. The van der Waals surface area contributed by atoms with Gasteiger partial charge in [0.2, 0.25) is 0 Å². The molecule has 0 spiro atoms. The summed E-state index contributed by atoms with van der Waals surface area (Å²) in [4.78, 5) is 11.7. The molecule has 0 saturated carbocycles. The number of hydrogen-bond donors (Lipinski definition) is 4. The number of aliphatic hydroxyl groups is 4. The van der Waals surface area contributed by atoms with Gasteiger partial charge in [-0.15, -0.1) is 0 Å². The Kier molecular flexibility index (Phi) is 19.9. The molecule has 2 heterocycles. The Labute approximate surface area is 256 Å². The summed E-state index contributed by atoms with van der Waals surface area (Å²) in [6.45, 7) is 4.08. The van der Waals surface area contributed by atoms with Crippen LogP contribution in [0.4, 0.5) is 0 Å². The highest BCUT2D eigenvalue weighted by atomic mass is 16.5. The maximum atomic E-state index is 11.7. The van der Waals surface area contributed by atoms with Crippen LogP contribution in [-0.2, 0) is 14.3 Å². The molecule has 246 valence electrons. The normalized spacial score (nSPS) is 23.5. The number of carbonyl (C=O) groups excluding carboxylic acids is 1. The molecule has 1 saturated heterocycles. The molecule has 42 heavy (non-hydrogen) atoms. The van der Waals surface area contributed by atoms with E-state index in [2.05, 4.69) is 6.92 Å². The van der Waals surface area contributed by atoms with Gasteiger partial charge in [0.25, 0.3) is 0 Å². The van der Waals surface area contributed by atoms with E-state index in [-0.39, 0.29) is 24.3 Å². The van der Waals surface area contributed by atoms with Gasteiger partial charge < -0.3 is 29.9 Å². The fourth-order valence-corrected chi connectivity index (χ4v) is 6.40. The van der Waals surface area contributed by atoms with Crippen LogP contribution in [0.1, 0.15) is 162 Å². The molecule has 0 aromatic rings. The molecular weight excluding hydrogens is 532 g/mol. The summed E-state index contributed by atoms with van der Waals surface area (Å²) in [5, 5.41) is 41.6. The molecule has 2 rings (SSSR count). The second-order valence-corrected chi connectivity index (χ2v) is 13.1.